The molecule has 3 rings (SSSR count). The fraction of sp³-hybridized carbons (Fsp3) is 0.174. The number of hydrogen-bond donors (Lipinski definition) is 2. The number of ether oxygens (including phenoxy) is 1. The molecule has 0 radical (unpaired) electrons. The summed E-state index contributed by atoms with van der Waals surface area (Å²) < 4.78 is 47.2. The van der Waals surface area contributed by atoms with Crippen molar-refractivity contribution in [2.45, 2.75) is 31.3 Å². The molecule has 3 aromatic carbocycles. The third-order valence-electron chi connectivity index (χ3n) is 4.71. The van der Waals surface area contributed by atoms with Gasteiger partial charge in [-0.1, -0.05) is 36.7 Å². The predicted octanol–water partition coefficient (Wildman–Crippen LogP) is 5.38. The van der Waals surface area contributed by atoms with Gasteiger partial charge < -0.3 is 10.1 Å². The molecule has 1 atom stereocenters. The van der Waals surface area contributed by atoms with Gasteiger partial charge in [0, 0.05) is 10.7 Å². The lowest BCUT2D eigenvalue weighted by Crippen LogP contribution is -2.32. The number of carbonyl (C=O) groups excluding carboxylic acids is 1. The summed E-state index contributed by atoms with van der Waals surface area (Å²) in [7, 11) is -3.85. The van der Waals surface area contributed by atoms with E-state index in [0.29, 0.717) is 28.4 Å². The third-order valence-corrected chi connectivity index (χ3v) is 6.50. The lowest BCUT2D eigenvalue weighted by molar-refractivity contribution is -0.122. The summed E-state index contributed by atoms with van der Waals surface area (Å²) in [4.78, 5) is 12.6. The highest BCUT2D eigenvalue weighted by atomic mass is 35.5. The Morgan fingerprint density at radius 2 is 1.75 bits per heavy atom. The van der Waals surface area contributed by atoms with E-state index in [0.717, 1.165) is 0 Å². The van der Waals surface area contributed by atoms with Crippen LogP contribution in [-0.2, 0) is 14.8 Å². The van der Waals surface area contributed by atoms with E-state index < -0.39 is 27.9 Å². The number of rotatable bonds is 8. The zero-order chi connectivity index (χ0) is 23.3. The molecular formula is C23H22ClFN2O4S. The van der Waals surface area contributed by atoms with Gasteiger partial charge in [-0.05, 0) is 67.4 Å². The smallest absolute Gasteiger partial charge is 0.265 e. The van der Waals surface area contributed by atoms with Crippen molar-refractivity contribution >= 4 is 38.9 Å². The van der Waals surface area contributed by atoms with Gasteiger partial charge in [0.15, 0.2) is 17.7 Å². The third kappa shape index (κ3) is 5.57. The minimum atomic E-state index is -3.85. The van der Waals surface area contributed by atoms with E-state index in [4.69, 9.17) is 16.3 Å². The molecule has 0 aliphatic carbocycles. The topological polar surface area (TPSA) is 84.5 Å². The van der Waals surface area contributed by atoms with Crippen LogP contribution < -0.4 is 14.8 Å². The second kappa shape index (κ2) is 10.0. The zero-order valence-electron chi connectivity index (χ0n) is 17.4. The molecule has 6 nitrogen and oxygen atoms in total. The largest absolute Gasteiger partial charge is 0.478 e. The average Bonchev–Trinajstić information content (AvgIpc) is 2.76. The van der Waals surface area contributed by atoms with Gasteiger partial charge in [-0.25, -0.2) is 12.8 Å². The molecule has 0 heterocycles. The molecule has 32 heavy (non-hydrogen) atoms. The minimum absolute atomic E-state index is 0.0154. The standard InChI is InChI=1S/C23H22ClFN2O4S/c1-3-21(31-22-10-5-4-8-19(22)25)23(28)26-16-11-13-17(14-12-16)32(29,30)27-20-9-6-7-18(24)15(20)2/h4-14,21,27H,3H2,1-2H3,(H,26,28)/t21-/m0/s1. The summed E-state index contributed by atoms with van der Waals surface area (Å²) in [6.07, 6.45) is -0.599. The van der Waals surface area contributed by atoms with Gasteiger partial charge in [-0.3, -0.25) is 9.52 Å². The molecule has 0 aromatic heterocycles. The molecule has 0 aliphatic rings. The Labute approximate surface area is 191 Å². The summed E-state index contributed by atoms with van der Waals surface area (Å²) >= 11 is 6.05. The molecule has 1 amide bonds. The van der Waals surface area contributed by atoms with Crippen LogP contribution in [0, 0.1) is 12.7 Å². The SMILES string of the molecule is CC[C@H](Oc1ccccc1F)C(=O)Nc1ccc(S(=O)(=O)Nc2cccc(Cl)c2C)cc1. The van der Waals surface area contributed by atoms with Gasteiger partial charge in [-0.15, -0.1) is 0 Å². The summed E-state index contributed by atoms with van der Waals surface area (Å²) in [6.45, 7) is 3.45. The van der Waals surface area contributed by atoms with Crippen LogP contribution in [0.3, 0.4) is 0 Å². The second-order valence-corrected chi connectivity index (χ2v) is 9.07. The van der Waals surface area contributed by atoms with Crippen LogP contribution in [0.15, 0.2) is 71.6 Å². The highest BCUT2D eigenvalue weighted by molar-refractivity contribution is 7.92. The molecular weight excluding hydrogens is 455 g/mol. The Bertz CT molecular complexity index is 1220. The van der Waals surface area contributed by atoms with Crippen molar-refractivity contribution in [1.82, 2.24) is 0 Å². The average molecular weight is 477 g/mol. The van der Waals surface area contributed by atoms with Crippen molar-refractivity contribution < 1.29 is 22.3 Å². The second-order valence-electron chi connectivity index (χ2n) is 6.98. The first-order valence-electron chi connectivity index (χ1n) is 9.81. The molecule has 0 saturated heterocycles. The van der Waals surface area contributed by atoms with Crippen LogP contribution in [-0.4, -0.2) is 20.4 Å². The fourth-order valence-corrected chi connectivity index (χ4v) is 4.18. The van der Waals surface area contributed by atoms with E-state index in [-0.39, 0.29) is 10.6 Å². The molecule has 0 spiro atoms. The first kappa shape index (κ1) is 23.6. The molecule has 9 heteroatoms. The number of benzene rings is 3. The Morgan fingerprint density at radius 1 is 1.06 bits per heavy atom. The van der Waals surface area contributed by atoms with Gasteiger partial charge in [-0.2, -0.15) is 0 Å². The fourth-order valence-electron chi connectivity index (χ4n) is 2.88. The van der Waals surface area contributed by atoms with E-state index in [9.17, 15) is 17.6 Å². The van der Waals surface area contributed by atoms with Gasteiger partial charge in [0.05, 0.1) is 10.6 Å². The highest BCUT2D eigenvalue weighted by Gasteiger charge is 2.21. The lowest BCUT2D eigenvalue weighted by atomic mass is 10.2. The molecule has 0 bridgehead atoms. The Hall–Kier alpha value is -3.10. The van der Waals surface area contributed by atoms with E-state index >= 15 is 0 Å². The van der Waals surface area contributed by atoms with Crippen molar-refractivity contribution in [1.29, 1.82) is 0 Å². The van der Waals surface area contributed by atoms with Gasteiger partial charge >= 0.3 is 0 Å². The van der Waals surface area contributed by atoms with Gasteiger partial charge in [0.25, 0.3) is 15.9 Å². The predicted molar refractivity (Wildman–Crippen MR) is 123 cm³/mol. The van der Waals surface area contributed by atoms with E-state index in [1.165, 1.54) is 42.5 Å². The molecule has 3 aromatic rings. The normalized spacial score (nSPS) is 12.1. The quantitative estimate of drug-likeness (QED) is 0.457. The van der Waals surface area contributed by atoms with E-state index in [1.807, 2.05) is 0 Å². The molecule has 0 saturated carbocycles. The minimum Gasteiger partial charge on any atom is -0.478 e. The summed E-state index contributed by atoms with van der Waals surface area (Å²) in [5, 5.41) is 3.11. The van der Waals surface area contributed by atoms with Crippen molar-refractivity contribution in [3.63, 3.8) is 0 Å². The Balaban J connectivity index is 1.70. The number of carbonyl (C=O) groups is 1. The Morgan fingerprint density at radius 3 is 2.41 bits per heavy atom. The number of nitrogens with one attached hydrogen (secondary N) is 2. The maximum atomic E-state index is 13.8. The van der Waals surface area contributed by atoms with Crippen molar-refractivity contribution in [3.8, 4) is 5.75 Å². The van der Waals surface area contributed by atoms with Crippen LogP contribution in [0.1, 0.15) is 18.9 Å². The highest BCUT2D eigenvalue weighted by Crippen LogP contribution is 2.26. The monoisotopic (exact) mass is 476 g/mol. The number of anilines is 2. The molecule has 168 valence electrons. The van der Waals surface area contributed by atoms with Crippen LogP contribution in [0.5, 0.6) is 5.75 Å². The maximum Gasteiger partial charge on any atom is 0.265 e. The summed E-state index contributed by atoms with van der Waals surface area (Å²) in [6, 6.07) is 16.5. The maximum absolute atomic E-state index is 13.8. The molecule has 2 N–H and O–H groups in total. The van der Waals surface area contributed by atoms with Gasteiger partial charge in [0.1, 0.15) is 0 Å². The van der Waals surface area contributed by atoms with Crippen molar-refractivity contribution in [3.05, 3.63) is 83.1 Å². The van der Waals surface area contributed by atoms with Gasteiger partial charge in [0.2, 0.25) is 0 Å². The van der Waals surface area contributed by atoms with Crippen molar-refractivity contribution in [2.75, 3.05) is 10.0 Å². The van der Waals surface area contributed by atoms with Crippen LogP contribution in [0.25, 0.3) is 0 Å². The lowest BCUT2D eigenvalue weighted by Gasteiger charge is -2.18. The van der Waals surface area contributed by atoms with Crippen LogP contribution >= 0.6 is 11.6 Å². The number of halogens is 2. The first-order valence-corrected chi connectivity index (χ1v) is 11.7. The number of amides is 1. The van der Waals surface area contributed by atoms with Crippen LogP contribution in [0.4, 0.5) is 15.8 Å². The first-order chi connectivity index (χ1) is 15.2. The number of para-hydroxylation sites is 1. The summed E-state index contributed by atoms with van der Waals surface area (Å²) in [5.74, 6) is -1.05. The van der Waals surface area contributed by atoms with E-state index in [2.05, 4.69) is 10.0 Å². The Kier molecular flexibility index (Phi) is 7.37. The number of sulfonamides is 1. The zero-order valence-corrected chi connectivity index (χ0v) is 19.0. The number of hydrogen-bond acceptors (Lipinski definition) is 4. The van der Waals surface area contributed by atoms with Crippen LogP contribution in [0.2, 0.25) is 5.02 Å². The van der Waals surface area contributed by atoms with E-state index in [1.54, 1.807) is 38.1 Å². The van der Waals surface area contributed by atoms with Crippen molar-refractivity contribution in [2.24, 2.45) is 0 Å². The molecule has 0 aliphatic heterocycles. The molecule has 0 unspecified atom stereocenters. The summed E-state index contributed by atoms with van der Waals surface area (Å²) in [5.41, 5.74) is 1.37. The molecule has 0 fully saturated rings.